The molecule has 0 bridgehead atoms. The fourth-order valence-corrected chi connectivity index (χ4v) is 3.69. The van der Waals surface area contributed by atoms with Crippen LogP contribution in [0.2, 0.25) is 0 Å². The van der Waals surface area contributed by atoms with Crippen LogP contribution in [-0.2, 0) is 6.54 Å². The molecule has 2 N–H and O–H groups in total. The number of aromatic nitrogens is 2. The van der Waals surface area contributed by atoms with Gasteiger partial charge in [0.05, 0.1) is 5.69 Å². The van der Waals surface area contributed by atoms with Crippen molar-refractivity contribution in [2.45, 2.75) is 26.4 Å². The Kier molecular flexibility index (Phi) is 4.80. The third-order valence-electron chi connectivity index (χ3n) is 4.97. The first-order chi connectivity index (χ1) is 12.7. The number of benzene rings is 1. The third-order valence-corrected chi connectivity index (χ3v) is 4.97. The molecule has 5 nitrogen and oxygen atoms in total. The lowest BCUT2D eigenvalue weighted by Gasteiger charge is -2.36. The van der Waals surface area contributed by atoms with Crippen LogP contribution in [-0.4, -0.2) is 47.1 Å². The quantitative estimate of drug-likeness (QED) is 0.737. The maximum atomic E-state index is 4.64. The Morgan fingerprint density at radius 3 is 2.69 bits per heavy atom. The second-order valence-corrected chi connectivity index (χ2v) is 7.30. The number of nitrogens with one attached hydrogen (secondary N) is 2. The van der Waals surface area contributed by atoms with Crippen LogP contribution in [0.3, 0.4) is 0 Å². The first-order valence-corrected chi connectivity index (χ1v) is 9.44. The molecule has 0 radical (unpaired) electrons. The first kappa shape index (κ1) is 16.9. The number of para-hydroxylation sites is 1. The zero-order valence-corrected chi connectivity index (χ0v) is 15.6. The first-order valence-electron chi connectivity index (χ1n) is 9.44. The van der Waals surface area contributed by atoms with E-state index in [9.17, 15) is 0 Å². The monoisotopic (exact) mass is 349 g/mol. The summed E-state index contributed by atoms with van der Waals surface area (Å²) in [6.45, 7) is 9.44. The summed E-state index contributed by atoms with van der Waals surface area (Å²) in [5, 5.41) is 4.85. The van der Waals surface area contributed by atoms with E-state index in [0.717, 1.165) is 44.2 Å². The molecule has 1 fully saturated rings. The molecule has 2 aromatic heterocycles. The van der Waals surface area contributed by atoms with Gasteiger partial charge in [-0.3, -0.25) is 4.90 Å². The van der Waals surface area contributed by atoms with E-state index in [1.54, 1.807) is 0 Å². The van der Waals surface area contributed by atoms with Gasteiger partial charge >= 0.3 is 0 Å². The number of rotatable bonds is 5. The van der Waals surface area contributed by atoms with Gasteiger partial charge < -0.3 is 15.2 Å². The van der Waals surface area contributed by atoms with Crippen molar-refractivity contribution in [1.29, 1.82) is 0 Å². The maximum absolute atomic E-state index is 4.64. The molecule has 1 saturated heterocycles. The number of pyridine rings is 1. The summed E-state index contributed by atoms with van der Waals surface area (Å²) >= 11 is 0. The van der Waals surface area contributed by atoms with Crippen LogP contribution < -0.4 is 10.2 Å². The molecule has 0 aliphatic carbocycles. The Labute approximate surface area is 155 Å². The second kappa shape index (κ2) is 7.38. The van der Waals surface area contributed by atoms with Crippen molar-refractivity contribution in [2.75, 3.05) is 36.4 Å². The smallest absolute Gasteiger partial charge is 0.152 e. The molecule has 3 aromatic rings. The number of H-pyrrole nitrogens is 1. The normalized spacial score (nSPS) is 15.7. The maximum Gasteiger partial charge on any atom is 0.152 e. The number of hydrogen-bond acceptors (Lipinski definition) is 4. The molecule has 1 aliphatic heterocycles. The van der Waals surface area contributed by atoms with Crippen LogP contribution in [0.1, 0.15) is 19.4 Å². The lowest BCUT2D eigenvalue weighted by atomic mass is 10.1. The highest BCUT2D eigenvalue weighted by atomic mass is 15.3. The Morgan fingerprint density at radius 1 is 1.08 bits per heavy atom. The van der Waals surface area contributed by atoms with Gasteiger partial charge in [0.1, 0.15) is 0 Å². The molecule has 136 valence electrons. The van der Waals surface area contributed by atoms with Gasteiger partial charge in [-0.1, -0.05) is 18.2 Å². The number of piperazine rings is 1. The van der Waals surface area contributed by atoms with E-state index in [1.165, 1.54) is 16.5 Å². The average molecular weight is 349 g/mol. The summed E-state index contributed by atoms with van der Waals surface area (Å²) in [5.74, 6) is 1.08. The van der Waals surface area contributed by atoms with Gasteiger partial charge in [0, 0.05) is 62.1 Å². The molecule has 26 heavy (non-hydrogen) atoms. The van der Waals surface area contributed by atoms with E-state index < -0.39 is 0 Å². The Hall–Kier alpha value is -2.53. The van der Waals surface area contributed by atoms with Crippen LogP contribution in [0.15, 0.2) is 48.8 Å². The van der Waals surface area contributed by atoms with Crippen LogP contribution in [0.4, 0.5) is 11.5 Å². The van der Waals surface area contributed by atoms with Gasteiger partial charge in [-0.15, -0.1) is 0 Å². The fraction of sp³-hybridized carbons (Fsp3) is 0.381. The Balaban J connectivity index is 1.42. The van der Waals surface area contributed by atoms with E-state index in [1.807, 2.05) is 12.3 Å². The lowest BCUT2D eigenvalue weighted by molar-refractivity contribution is 0.250. The van der Waals surface area contributed by atoms with Gasteiger partial charge in [0.15, 0.2) is 5.82 Å². The minimum absolute atomic E-state index is 0.404. The highest BCUT2D eigenvalue weighted by Gasteiger charge is 2.21. The average Bonchev–Trinajstić information content (AvgIpc) is 3.06. The number of anilines is 2. The van der Waals surface area contributed by atoms with E-state index in [2.05, 4.69) is 75.5 Å². The summed E-state index contributed by atoms with van der Waals surface area (Å²) in [6.07, 6.45) is 4.04. The van der Waals surface area contributed by atoms with Gasteiger partial charge in [-0.05, 0) is 37.6 Å². The predicted octanol–water partition coefficient (Wildman–Crippen LogP) is 3.71. The van der Waals surface area contributed by atoms with Gasteiger partial charge in [-0.25, -0.2) is 4.98 Å². The summed E-state index contributed by atoms with van der Waals surface area (Å²) < 4.78 is 0. The van der Waals surface area contributed by atoms with Crippen molar-refractivity contribution >= 4 is 22.4 Å². The number of nitrogens with zero attached hydrogens (tertiary/aromatic N) is 3. The van der Waals surface area contributed by atoms with E-state index in [4.69, 9.17) is 0 Å². The van der Waals surface area contributed by atoms with Gasteiger partial charge in [-0.2, -0.15) is 0 Å². The van der Waals surface area contributed by atoms with Crippen molar-refractivity contribution in [2.24, 2.45) is 0 Å². The number of aromatic amines is 1. The van der Waals surface area contributed by atoms with Crippen molar-refractivity contribution in [3.05, 3.63) is 54.4 Å². The zero-order chi connectivity index (χ0) is 17.9. The van der Waals surface area contributed by atoms with Gasteiger partial charge in [0.2, 0.25) is 0 Å². The lowest BCUT2D eigenvalue weighted by Crippen LogP contribution is -2.46. The van der Waals surface area contributed by atoms with Crippen LogP contribution in [0.5, 0.6) is 0 Å². The highest BCUT2D eigenvalue weighted by Crippen LogP contribution is 2.25. The molecule has 0 saturated carbocycles. The molecule has 4 rings (SSSR count). The molecule has 0 spiro atoms. The molecule has 1 aliphatic rings. The van der Waals surface area contributed by atoms with Gasteiger partial charge in [0.25, 0.3) is 0 Å². The van der Waals surface area contributed by atoms with E-state index in [-0.39, 0.29) is 0 Å². The largest absolute Gasteiger partial charge is 0.380 e. The van der Waals surface area contributed by atoms with Crippen molar-refractivity contribution in [3.63, 3.8) is 0 Å². The van der Waals surface area contributed by atoms with Crippen molar-refractivity contribution < 1.29 is 0 Å². The molecule has 3 heterocycles. The standard InChI is InChI=1S/C21H27N5/c1-16(2)24-20-8-5-9-22-21(20)26-12-10-25(11-13-26)15-17-14-23-19-7-4-3-6-18(17)19/h3-9,14,16,23-24H,10-13,15H2,1-2H3. The topological polar surface area (TPSA) is 47.2 Å². The Bertz CT molecular complexity index is 861. The fourth-order valence-electron chi connectivity index (χ4n) is 3.69. The Morgan fingerprint density at radius 2 is 1.88 bits per heavy atom. The molecule has 5 heteroatoms. The second-order valence-electron chi connectivity index (χ2n) is 7.30. The van der Waals surface area contributed by atoms with Crippen molar-refractivity contribution in [1.82, 2.24) is 14.9 Å². The molecule has 0 unspecified atom stereocenters. The van der Waals surface area contributed by atoms with Crippen molar-refractivity contribution in [3.8, 4) is 0 Å². The van der Waals surface area contributed by atoms with Crippen LogP contribution in [0.25, 0.3) is 10.9 Å². The summed E-state index contributed by atoms with van der Waals surface area (Å²) in [4.78, 5) is 13.0. The highest BCUT2D eigenvalue weighted by molar-refractivity contribution is 5.83. The molecule has 0 amide bonds. The zero-order valence-electron chi connectivity index (χ0n) is 15.6. The molecule has 1 aromatic carbocycles. The molecule has 0 atom stereocenters. The van der Waals surface area contributed by atoms with E-state index >= 15 is 0 Å². The minimum Gasteiger partial charge on any atom is -0.380 e. The molecular weight excluding hydrogens is 322 g/mol. The number of fused-ring (bicyclic) bond motifs is 1. The number of hydrogen-bond donors (Lipinski definition) is 2. The van der Waals surface area contributed by atoms with Crippen LogP contribution in [0, 0.1) is 0 Å². The summed E-state index contributed by atoms with van der Waals surface area (Å²) in [7, 11) is 0. The van der Waals surface area contributed by atoms with Crippen LogP contribution >= 0.6 is 0 Å². The summed E-state index contributed by atoms with van der Waals surface area (Å²) in [6, 6.07) is 13.1. The summed E-state index contributed by atoms with van der Waals surface area (Å²) in [5.41, 5.74) is 3.74. The molecular formula is C21H27N5. The third kappa shape index (κ3) is 3.53. The SMILES string of the molecule is CC(C)Nc1cccnc1N1CCN(Cc2c[nH]c3ccccc23)CC1. The predicted molar refractivity (Wildman–Crippen MR) is 109 cm³/mol. The minimum atomic E-state index is 0.404. The van der Waals surface area contributed by atoms with E-state index in [0.29, 0.717) is 6.04 Å².